The molecule has 0 amide bonds. The molecule has 1 aromatic carbocycles. The van der Waals surface area contributed by atoms with Crippen LogP contribution in [0.1, 0.15) is 22.3 Å². The zero-order valence-electron chi connectivity index (χ0n) is 8.76. The average molecular weight is 220 g/mol. The van der Waals surface area contributed by atoms with Crippen LogP contribution < -0.4 is 5.46 Å². The van der Waals surface area contributed by atoms with E-state index < -0.39 is 13.1 Å². The Kier molecular flexibility index (Phi) is 4.28. The molecule has 1 aromatic rings. The van der Waals surface area contributed by atoms with Crippen LogP contribution in [-0.4, -0.2) is 28.2 Å². The molecule has 0 bridgehead atoms. The summed E-state index contributed by atoms with van der Waals surface area (Å²) in [6.07, 6.45) is 2.85. The summed E-state index contributed by atoms with van der Waals surface area (Å²) in [5, 5.41) is 26.9. The number of carboxylic acids is 1. The average Bonchev–Trinajstić information content (AvgIpc) is 2.25. The van der Waals surface area contributed by atoms with Gasteiger partial charge >= 0.3 is 13.1 Å². The Bertz CT molecular complexity index is 401. The van der Waals surface area contributed by atoms with Crippen LogP contribution in [0.15, 0.2) is 30.9 Å². The molecular formula is C11H13BO4. The van der Waals surface area contributed by atoms with Crippen LogP contribution in [0.3, 0.4) is 0 Å². The van der Waals surface area contributed by atoms with Crippen LogP contribution in [0, 0.1) is 0 Å². The van der Waals surface area contributed by atoms with E-state index in [-0.39, 0.29) is 5.56 Å². The molecule has 0 aliphatic carbocycles. The largest absolute Gasteiger partial charge is 0.488 e. The Hall–Kier alpha value is -1.59. The normalized spacial score (nSPS) is 9.88. The number of carboxylic acid groups (broad SMARTS) is 1. The number of hydrogen-bond acceptors (Lipinski definition) is 3. The summed E-state index contributed by atoms with van der Waals surface area (Å²) in [6, 6.07) is 4.28. The van der Waals surface area contributed by atoms with Crippen molar-refractivity contribution < 1.29 is 19.9 Å². The fourth-order valence-electron chi connectivity index (χ4n) is 1.45. The molecule has 5 heteroatoms. The minimum Gasteiger partial charge on any atom is -0.478 e. The molecule has 0 heterocycles. The van der Waals surface area contributed by atoms with Gasteiger partial charge in [-0.25, -0.2) is 4.79 Å². The lowest BCUT2D eigenvalue weighted by atomic mass is 9.78. The second kappa shape index (κ2) is 5.49. The molecule has 16 heavy (non-hydrogen) atoms. The molecule has 4 nitrogen and oxygen atoms in total. The van der Waals surface area contributed by atoms with E-state index in [1.165, 1.54) is 18.2 Å². The summed E-state index contributed by atoms with van der Waals surface area (Å²) in [7, 11) is -1.58. The summed E-state index contributed by atoms with van der Waals surface area (Å²) in [6.45, 7) is 3.56. The van der Waals surface area contributed by atoms with Crippen molar-refractivity contribution in [1.29, 1.82) is 0 Å². The molecule has 0 radical (unpaired) electrons. The molecule has 84 valence electrons. The van der Waals surface area contributed by atoms with Crippen molar-refractivity contribution in [1.82, 2.24) is 0 Å². The number of carbonyl (C=O) groups is 1. The molecule has 0 unspecified atom stereocenters. The number of aryl methyl sites for hydroxylation is 1. The van der Waals surface area contributed by atoms with Crippen molar-refractivity contribution in [2.75, 3.05) is 0 Å². The first kappa shape index (κ1) is 12.5. The lowest BCUT2D eigenvalue weighted by Gasteiger charge is -2.07. The first-order chi connectivity index (χ1) is 7.56. The summed E-state index contributed by atoms with van der Waals surface area (Å²) in [5.41, 5.74) is 1.06. The van der Waals surface area contributed by atoms with Crippen LogP contribution in [0.5, 0.6) is 0 Å². The highest BCUT2D eigenvalue weighted by atomic mass is 16.4. The molecule has 0 saturated carbocycles. The first-order valence-electron chi connectivity index (χ1n) is 4.89. The van der Waals surface area contributed by atoms with Crippen LogP contribution in [0.2, 0.25) is 0 Å². The van der Waals surface area contributed by atoms with Crippen molar-refractivity contribution in [3.63, 3.8) is 0 Å². The molecule has 0 fully saturated rings. The van der Waals surface area contributed by atoms with Crippen molar-refractivity contribution in [3.8, 4) is 0 Å². The van der Waals surface area contributed by atoms with Crippen LogP contribution in [0.25, 0.3) is 0 Å². The summed E-state index contributed by atoms with van der Waals surface area (Å²) in [5.74, 6) is -1.02. The summed E-state index contributed by atoms with van der Waals surface area (Å²) >= 11 is 0. The van der Waals surface area contributed by atoms with E-state index in [0.717, 1.165) is 0 Å². The maximum absolute atomic E-state index is 10.9. The highest BCUT2D eigenvalue weighted by Gasteiger charge is 2.15. The molecule has 0 atom stereocenters. The Labute approximate surface area is 94.0 Å². The van der Waals surface area contributed by atoms with Gasteiger partial charge < -0.3 is 15.2 Å². The maximum Gasteiger partial charge on any atom is 0.488 e. The van der Waals surface area contributed by atoms with Crippen LogP contribution in [-0.2, 0) is 6.42 Å². The van der Waals surface area contributed by atoms with Gasteiger partial charge in [-0.1, -0.05) is 18.2 Å². The van der Waals surface area contributed by atoms with Crippen molar-refractivity contribution >= 4 is 18.6 Å². The van der Waals surface area contributed by atoms with Gasteiger partial charge in [-0.05, 0) is 29.9 Å². The van der Waals surface area contributed by atoms with Gasteiger partial charge in [-0.15, -0.1) is 6.58 Å². The monoisotopic (exact) mass is 220 g/mol. The highest BCUT2D eigenvalue weighted by Crippen LogP contribution is 2.10. The number of allylic oxidation sites excluding steroid dienone is 1. The molecular weight excluding hydrogens is 207 g/mol. The molecule has 0 aromatic heterocycles. The van der Waals surface area contributed by atoms with E-state index in [9.17, 15) is 4.79 Å². The lowest BCUT2D eigenvalue weighted by molar-refractivity contribution is 0.0695. The third kappa shape index (κ3) is 2.95. The van der Waals surface area contributed by atoms with E-state index in [1.54, 1.807) is 6.08 Å². The summed E-state index contributed by atoms with van der Waals surface area (Å²) in [4.78, 5) is 10.9. The first-order valence-corrected chi connectivity index (χ1v) is 4.89. The molecule has 0 saturated heterocycles. The van der Waals surface area contributed by atoms with Crippen LogP contribution in [0.4, 0.5) is 0 Å². The van der Waals surface area contributed by atoms with Gasteiger partial charge in [-0.2, -0.15) is 0 Å². The minimum atomic E-state index is -1.58. The maximum atomic E-state index is 10.9. The Balaban J connectivity index is 3.10. The van der Waals surface area contributed by atoms with E-state index in [4.69, 9.17) is 15.2 Å². The molecule has 0 aliphatic rings. The second-order valence-electron chi connectivity index (χ2n) is 3.42. The standard InChI is InChI=1S/C11H13BO4/c1-2-3-4-8-7-9(12(15)16)5-6-10(8)11(13)14/h2,5-7,15-16H,1,3-4H2,(H,13,14). The van der Waals surface area contributed by atoms with Gasteiger partial charge in [0.1, 0.15) is 0 Å². The Morgan fingerprint density at radius 1 is 1.44 bits per heavy atom. The predicted octanol–water partition coefficient (Wildman–Crippen LogP) is 0.183. The predicted molar refractivity (Wildman–Crippen MR) is 61.7 cm³/mol. The van der Waals surface area contributed by atoms with Gasteiger partial charge in [0, 0.05) is 0 Å². The molecule has 0 aliphatic heterocycles. The molecule has 1 rings (SSSR count). The minimum absolute atomic E-state index is 0.186. The fraction of sp³-hybridized carbons (Fsp3) is 0.182. The topological polar surface area (TPSA) is 77.8 Å². The fourth-order valence-corrected chi connectivity index (χ4v) is 1.45. The Morgan fingerprint density at radius 3 is 2.62 bits per heavy atom. The van der Waals surface area contributed by atoms with Crippen molar-refractivity contribution in [3.05, 3.63) is 42.0 Å². The Morgan fingerprint density at radius 2 is 2.12 bits per heavy atom. The number of benzene rings is 1. The second-order valence-corrected chi connectivity index (χ2v) is 3.42. The SMILES string of the molecule is C=CCCc1cc(B(O)O)ccc1C(=O)O. The molecule has 0 spiro atoms. The number of aromatic carboxylic acids is 1. The third-order valence-electron chi connectivity index (χ3n) is 2.28. The number of rotatable bonds is 5. The van der Waals surface area contributed by atoms with Crippen LogP contribution >= 0.6 is 0 Å². The van der Waals surface area contributed by atoms with E-state index in [0.29, 0.717) is 23.9 Å². The van der Waals surface area contributed by atoms with Gasteiger partial charge in [0.15, 0.2) is 0 Å². The van der Waals surface area contributed by atoms with Gasteiger partial charge in [0.05, 0.1) is 5.56 Å². The quantitative estimate of drug-likeness (QED) is 0.488. The zero-order chi connectivity index (χ0) is 12.1. The molecule has 3 N–H and O–H groups in total. The lowest BCUT2D eigenvalue weighted by Crippen LogP contribution is -2.30. The number of hydrogen-bond donors (Lipinski definition) is 3. The highest BCUT2D eigenvalue weighted by molar-refractivity contribution is 6.58. The zero-order valence-corrected chi connectivity index (χ0v) is 8.76. The van der Waals surface area contributed by atoms with Crippen molar-refractivity contribution in [2.45, 2.75) is 12.8 Å². The van der Waals surface area contributed by atoms with E-state index >= 15 is 0 Å². The smallest absolute Gasteiger partial charge is 0.478 e. The van der Waals surface area contributed by atoms with Gasteiger partial charge in [0.25, 0.3) is 0 Å². The van der Waals surface area contributed by atoms with Gasteiger partial charge in [-0.3, -0.25) is 0 Å². The van der Waals surface area contributed by atoms with E-state index in [2.05, 4.69) is 6.58 Å². The van der Waals surface area contributed by atoms with Crippen molar-refractivity contribution in [2.24, 2.45) is 0 Å². The third-order valence-corrected chi connectivity index (χ3v) is 2.28. The van der Waals surface area contributed by atoms with E-state index in [1.807, 2.05) is 0 Å². The van der Waals surface area contributed by atoms with Gasteiger partial charge in [0.2, 0.25) is 0 Å². The summed E-state index contributed by atoms with van der Waals surface area (Å²) < 4.78 is 0.